The third kappa shape index (κ3) is 24.5. The first kappa shape index (κ1) is 15.4. The van der Waals surface area contributed by atoms with Gasteiger partial charge in [-0.05, 0) is 13.8 Å². The molecule has 0 fully saturated rings. The van der Waals surface area contributed by atoms with Gasteiger partial charge in [0.15, 0.2) is 0 Å². The Morgan fingerprint density at radius 1 is 1.00 bits per heavy atom. The molecule has 0 aliphatic heterocycles. The normalized spacial score (nSPS) is 8.67. The minimum absolute atomic E-state index is 0.558. The highest BCUT2D eigenvalue weighted by Crippen LogP contribution is 1.97. The largest absolute Gasteiger partial charge is 0.478 e. The zero-order valence-electron chi connectivity index (χ0n) is 8.69. The van der Waals surface area contributed by atoms with Gasteiger partial charge in [-0.3, -0.25) is 0 Å². The molecule has 0 aliphatic rings. The van der Waals surface area contributed by atoms with Crippen LogP contribution in [0.3, 0.4) is 0 Å². The Hall–Kier alpha value is -2.04. The number of hydrogen-bond acceptors (Lipinski definition) is 3. The maximum Gasteiger partial charge on any atom is 0.328 e. The first-order valence-electron chi connectivity index (χ1n) is 3.88. The lowest BCUT2D eigenvalue weighted by Crippen LogP contribution is -1.91. The van der Waals surface area contributed by atoms with Crippen LogP contribution in [0.4, 0.5) is 0 Å². The van der Waals surface area contributed by atoms with E-state index in [-0.39, 0.29) is 0 Å². The molecule has 0 aromatic heterocycles. The zero-order chi connectivity index (χ0) is 12.4. The minimum atomic E-state index is -1.26. The molecule has 0 aliphatic carbocycles. The van der Waals surface area contributed by atoms with Crippen molar-refractivity contribution in [3.8, 4) is 0 Å². The summed E-state index contributed by atoms with van der Waals surface area (Å²) in [5, 5.41) is 15.6. The summed E-state index contributed by atoms with van der Waals surface area (Å²) in [6, 6.07) is 0. The summed E-state index contributed by atoms with van der Waals surface area (Å²) in [5.41, 5.74) is 0. The van der Waals surface area contributed by atoms with Crippen LogP contribution >= 0.6 is 0 Å². The van der Waals surface area contributed by atoms with Crippen molar-refractivity contribution in [1.82, 2.24) is 0 Å². The molecule has 0 aromatic carbocycles. The highest BCUT2D eigenvalue weighted by atomic mass is 16.5. The predicted octanol–water partition coefficient (Wildman–Crippen LogP) is 1.78. The van der Waals surface area contributed by atoms with Gasteiger partial charge in [0.1, 0.15) is 0 Å². The van der Waals surface area contributed by atoms with Crippen molar-refractivity contribution in [3.63, 3.8) is 0 Å². The molecular formula is C10H14O5. The predicted molar refractivity (Wildman–Crippen MR) is 55.1 cm³/mol. The molecule has 0 aromatic rings. The second-order valence-corrected chi connectivity index (χ2v) is 2.52. The first-order chi connectivity index (χ1) is 6.75. The van der Waals surface area contributed by atoms with Gasteiger partial charge >= 0.3 is 11.9 Å². The fraction of sp³-hybridized carbons (Fsp3) is 0.200. The van der Waals surface area contributed by atoms with Crippen molar-refractivity contribution in [2.45, 2.75) is 13.8 Å². The molecule has 0 saturated heterocycles. The molecule has 0 radical (unpaired) electrons. The number of rotatable bonds is 4. The van der Waals surface area contributed by atoms with Crippen LogP contribution in [-0.2, 0) is 14.3 Å². The van der Waals surface area contributed by atoms with Crippen LogP contribution in [0.1, 0.15) is 13.8 Å². The van der Waals surface area contributed by atoms with Crippen molar-refractivity contribution in [3.05, 3.63) is 36.8 Å². The van der Waals surface area contributed by atoms with Crippen molar-refractivity contribution in [2.24, 2.45) is 0 Å². The van der Waals surface area contributed by atoms with Crippen LogP contribution in [0.25, 0.3) is 0 Å². The van der Waals surface area contributed by atoms with Gasteiger partial charge in [0, 0.05) is 12.2 Å². The topological polar surface area (TPSA) is 83.8 Å². The standard InChI is InChI=1S/C6H10O.C4H4O4/c1-5(2)7-6(3)4;5-3(6)1-2-4(7)8/h1,3H2,2,4H3;1-2H,(H,5,6)(H,7,8)/b;2-1-. The van der Waals surface area contributed by atoms with E-state index in [1.807, 2.05) is 0 Å². The van der Waals surface area contributed by atoms with E-state index in [9.17, 15) is 9.59 Å². The highest BCUT2D eigenvalue weighted by Gasteiger charge is 1.88. The van der Waals surface area contributed by atoms with E-state index < -0.39 is 11.9 Å². The zero-order valence-corrected chi connectivity index (χ0v) is 8.69. The third-order valence-electron chi connectivity index (χ3n) is 0.717. The molecule has 5 nitrogen and oxygen atoms in total. The summed E-state index contributed by atoms with van der Waals surface area (Å²) >= 11 is 0. The molecule has 0 heterocycles. The van der Waals surface area contributed by atoms with E-state index in [2.05, 4.69) is 13.2 Å². The second-order valence-electron chi connectivity index (χ2n) is 2.52. The van der Waals surface area contributed by atoms with Gasteiger partial charge in [-0.15, -0.1) is 0 Å². The maximum atomic E-state index is 9.55. The summed E-state index contributed by atoms with van der Waals surface area (Å²) in [4.78, 5) is 19.1. The summed E-state index contributed by atoms with van der Waals surface area (Å²) in [5.74, 6) is -1.14. The van der Waals surface area contributed by atoms with Crippen LogP contribution < -0.4 is 0 Å². The van der Waals surface area contributed by atoms with Crippen LogP contribution in [0.5, 0.6) is 0 Å². The molecule has 5 heteroatoms. The number of carboxylic acids is 2. The van der Waals surface area contributed by atoms with Gasteiger partial charge in [-0.25, -0.2) is 9.59 Å². The van der Waals surface area contributed by atoms with Crippen LogP contribution in [-0.4, -0.2) is 22.2 Å². The fourth-order valence-electron chi connectivity index (χ4n) is 0.440. The lowest BCUT2D eigenvalue weighted by molar-refractivity contribution is -0.134. The lowest BCUT2D eigenvalue weighted by Gasteiger charge is -1.99. The molecule has 0 atom stereocenters. The van der Waals surface area contributed by atoms with Crippen molar-refractivity contribution < 1.29 is 24.5 Å². The van der Waals surface area contributed by atoms with E-state index in [0.717, 1.165) is 0 Å². The Labute approximate surface area is 88.0 Å². The molecule has 15 heavy (non-hydrogen) atoms. The Bertz CT molecular complexity index is 260. The fourth-order valence-corrected chi connectivity index (χ4v) is 0.440. The number of ether oxygens (including phenoxy) is 1. The average molecular weight is 214 g/mol. The average Bonchev–Trinajstić information content (AvgIpc) is 1.99. The molecule has 0 spiro atoms. The highest BCUT2D eigenvalue weighted by molar-refractivity contribution is 5.89. The molecule has 0 unspecified atom stereocenters. The molecule has 2 N–H and O–H groups in total. The van der Waals surface area contributed by atoms with Crippen LogP contribution in [0.2, 0.25) is 0 Å². The Morgan fingerprint density at radius 2 is 1.27 bits per heavy atom. The number of aliphatic carboxylic acids is 2. The maximum absolute atomic E-state index is 9.55. The quantitative estimate of drug-likeness (QED) is 0.550. The summed E-state index contributed by atoms with van der Waals surface area (Å²) in [7, 11) is 0. The van der Waals surface area contributed by atoms with Crippen LogP contribution in [0, 0.1) is 0 Å². The van der Waals surface area contributed by atoms with E-state index >= 15 is 0 Å². The SMILES string of the molecule is C=C(C)OC(=C)C.O=C(O)/C=C\C(=O)O. The molecule has 0 amide bonds. The molecule has 0 bridgehead atoms. The monoisotopic (exact) mass is 214 g/mol. The van der Waals surface area contributed by atoms with Gasteiger partial charge in [0.05, 0.1) is 11.5 Å². The van der Waals surface area contributed by atoms with Gasteiger partial charge in [-0.1, -0.05) is 13.2 Å². The van der Waals surface area contributed by atoms with Crippen molar-refractivity contribution >= 4 is 11.9 Å². The minimum Gasteiger partial charge on any atom is -0.478 e. The molecule has 0 saturated carbocycles. The number of carbonyl (C=O) groups is 2. The third-order valence-corrected chi connectivity index (χ3v) is 0.717. The Kier molecular flexibility index (Phi) is 8.80. The second kappa shape index (κ2) is 8.55. The van der Waals surface area contributed by atoms with Crippen molar-refractivity contribution in [2.75, 3.05) is 0 Å². The van der Waals surface area contributed by atoms with Gasteiger partial charge in [-0.2, -0.15) is 0 Å². The first-order valence-corrected chi connectivity index (χ1v) is 3.88. The molecular weight excluding hydrogens is 200 g/mol. The molecule has 84 valence electrons. The summed E-state index contributed by atoms with van der Waals surface area (Å²) in [6.07, 6.45) is 1.12. The number of hydrogen-bond donors (Lipinski definition) is 2. The summed E-state index contributed by atoms with van der Waals surface area (Å²) in [6.45, 7) is 10.6. The summed E-state index contributed by atoms with van der Waals surface area (Å²) < 4.78 is 4.86. The van der Waals surface area contributed by atoms with Crippen molar-refractivity contribution in [1.29, 1.82) is 0 Å². The van der Waals surface area contributed by atoms with Gasteiger partial charge < -0.3 is 14.9 Å². The smallest absolute Gasteiger partial charge is 0.328 e. The van der Waals surface area contributed by atoms with Crippen LogP contribution in [0.15, 0.2) is 36.8 Å². The number of carboxylic acid groups (broad SMARTS) is 2. The Morgan fingerprint density at radius 3 is 1.33 bits per heavy atom. The number of allylic oxidation sites excluding steroid dienone is 2. The van der Waals surface area contributed by atoms with E-state index in [0.29, 0.717) is 23.7 Å². The van der Waals surface area contributed by atoms with Gasteiger partial charge in [0.25, 0.3) is 0 Å². The van der Waals surface area contributed by atoms with E-state index in [1.54, 1.807) is 13.8 Å². The van der Waals surface area contributed by atoms with E-state index in [1.165, 1.54) is 0 Å². The van der Waals surface area contributed by atoms with E-state index in [4.69, 9.17) is 14.9 Å². The van der Waals surface area contributed by atoms with Gasteiger partial charge in [0.2, 0.25) is 0 Å². The Balaban J connectivity index is 0. The molecule has 0 rings (SSSR count). The lowest BCUT2D eigenvalue weighted by atomic mass is 10.5.